The number of nitrogens with zero attached hydrogens (tertiary/aromatic N) is 1. The molecule has 2 rings (SSSR count). The van der Waals surface area contributed by atoms with Crippen molar-refractivity contribution < 1.29 is 14.3 Å². The summed E-state index contributed by atoms with van der Waals surface area (Å²) in [6.07, 6.45) is 3.80. The van der Waals surface area contributed by atoms with Crippen molar-refractivity contribution >= 4 is 18.0 Å². The molecule has 1 unspecified atom stereocenters. The van der Waals surface area contributed by atoms with E-state index in [1.54, 1.807) is 11.0 Å². The van der Waals surface area contributed by atoms with Gasteiger partial charge in [-0.15, -0.1) is 0 Å². The monoisotopic (exact) mass is 299 g/mol. The van der Waals surface area contributed by atoms with E-state index >= 15 is 0 Å². The van der Waals surface area contributed by atoms with Gasteiger partial charge >= 0.3 is 6.09 Å². The van der Waals surface area contributed by atoms with Gasteiger partial charge in [-0.3, -0.25) is 9.69 Å². The van der Waals surface area contributed by atoms with Gasteiger partial charge in [0.25, 0.3) is 0 Å². The molecule has 0 radical (unpaired) electrons. The summed E-state index contributed by atoms with van der Waals surface area (Å²) < 4.78 is 4.93. The normalized spacial score (nSPS) is 17.6. The fourth-order valence-electron chi connectivity index (χ4n) is 2.91. The van der Waals surface area contributed by atoms with Gasteiger partial charge in [0.2, 0.25) is 0 Å². The lowest BCUT2D eigenvalue weighted by atomic mass is 9.90. The number of fused-ring (bicyclic) bond motifs is 1. The van der Waals surface area contributed by atoms with E-state index in [9.17, 15) is 9.59 Å². The first-order valence-electron chi connectivity index (χ1n) is 7.26. The summed E-state index contributed by atoms with van der Waals surface area (Å²) in [4.78, 5) is 25.1. The van der Waals surface area contributed by atoms with Crippen LogP contribution in [0.25, 0.3) is 6.08 Å². The molecule has 0 spiro atoms. The molecule has 0 aromatic heterocycles. The first kappa shape index (κ1) is 16.0. The zero-order valence-corrected chi connectivity index (χ0v) is 13.4. The maximum absolute atomic E-state index is 12.2. The van der Waals surface area contributed by atoms with Crippen molar-refractivity contribution in [2.75, 3.05) is 7.11 Å². The Kier molecular flexibility index (Phi) is 4.81. The second kappa shape index (κ2) is 6.60. The highest BCUT2D eigenvalue weighted by Crippen LogP contribution is 2.38. The molecule has 1 atom stereocenters. The number of carbonyl (C=O) groups excluding carboxylic acids is 2. The van der Waals surface area contributed by atoms with Gasteiger partial charge < -0.3 is 4.74 Å². The lowest BCUT2D eigenvalue weighted by Crippen LogP contribution is -2.35. The third-order valence-electron chi connectivity index (χ3n) is 3.75. The number of ketones is 1. The zero-order valence-electron chi connectivity index (χ0n) is 13.4. The Bertz CT molecular complexity index is 658. The minimum atomic E-state index is -0.385. The Morgan fingerprint density at radius 2 is 1.95 bits per heavy atom. The minimum absolute atomic E-state index is 0.0125. The van der Waals surface area contributed by atoms with E-state index in [4.69, 9.17) is 4.74 Å². The van der Waals surface area contributed by atoms with Crippen LogP contribution in [0.5, 0.6) is 0 Å². The van der Waals surface area contributed by atoms with Crippen molar-refractivity contribution in [2.45, 2.75) is 33.2 Å². The first-order chi connectivity index (χ1) is 10.4. The number of hydrogen-bond donors (Lipinski definition) is 0. The van der Waals surface area contributed by atoms with E-state index in [0.717, 1.165) is 22.4 Å². The van der Waals surface area contributed by atoms with Crippen LogP contribution in [-0.2, 0) is 9.53 Å². The third kappa shape index (κ3) is 3.27. The quantitative estimate of drug-likeness (QED) is 0.790. The lowest BCUT2D eigenvalue weighted by molar-refractivity contribution is -0.112. The van der Waals surface area contributed by atoms with E-state index in [2.05, 4.69) is 0 Å². The number of allylic oxidation sites excluding steroid dienone is 2. The molecule has 1 amide bonds. The molecule has 1 aliphatic rings. The Morgan fingerprint density at radius 1 is 1.27 bits per heavy atom. The minimum Gasteiger partial charge on any atom is -0.452 e. The molecule has 0 bridgehead atoms. The summed E-state index contributed by atoms with van der Waals surface area (Å²) in [6, 6.07) is 7.82. The van der Waals surface area contributed by atoms with Gasteiger partial charge in [-0.05, 0) is 50.5 Å². The Morgan fingerprint density at radius 3 is 2.59 bits per heavy atom. The van der Waals surface area contributed by atoms with Crippen LogP contribution in [0.4, 0.5) is 4.79 Å². The molecular formula is C18H21NO3. The summed E-state index contributed by atoms with van der Waals surface area (Å²) in [7, 11) is 1.38. The van der Waals surface area contributed by atoms with Crippen LogP contribution in [0.15, 0.2) is 41.6 Å². The fraction of sp³-hybridized carbons (Fsp3) is 0.333. The van der Waals surface area contributed by atoms with Crippen LogP contribution in [0.2, 0.25) is 0 Å². The number of benzene rings is 1. The zero-order chi connectivity index (χ0) is 16.3. The Hall–Kier alpha value is -2.36. The molecule has 4 heteroatoms. The Balaban J connectivity index is 2.46. The Labute approximate surface area is 131 Å². The van der Waals surface area contributed by atoms with Gasteiger partial charge in [-0.2, -0.15) is 0 Å². The number of amides is 1. The molecule has 0 fully saturated rings. The summed E-state index contributed by atoms with van der Waals surface area (Å²) in [5.41, 5.74) is 3.94. The molecule has 4 nitrogen and oxygen atoms in total. The van der Waals surface area contributed by atoms with Crippen LogP contribution in [-0.4, -0.2) is 23.9 Å². The largest absolute Gasteiger partial charge is 0.452 e. The lowest BCUT2D eigenvalue weighted by Gasteiger charge is -2.36. The van der Waals surface area contributed by atoms with Crippen molar-refractivity contribution in [2.24, 2.45) is 0 Å². The predicted molar refractivity (Wildman–Crippen MR) is 86.1 cm³/mol. The highest BCUT2D eigenvalue weighted by molar-refractivity contribution is 5.87. The van der Waals surface area contributed by atoms with Crippen molar-refractivity contribution in [1.29, 1.82) is 0 Å². The highest BCUT2D eigenvalue weighted by Gasteiger charge is 2.31. The van der Waals surface area contributed by atoms with Gasteiger partial charge in [-0.25, -0.2) is 4.79 Å². The van der Waals surface area contributed by atoms with Gasteiger partial charge in [-0.1, -0.05) is 29.8 Å². The molecule has 22 heavy (non-hydrogen) atoms. The SMILES string of the molecule is COC(=O)N1C(C)=Cc2ccccc2C1C/C(C)=C/C(C)=O. The molecule has 0 saturated heterocycles. The molecule has 0 N–H and O–H groups in total. The van der Waals surface area contributed by atoms with E-state index < -0.39 is 0 Å². The molecular weight excluding hydrogens is 278 g/mol. The van der Waals surface area contributed by atoms with Gasteiger partial charge in [0.05, 0.1) is 13.2 Å². The standard InChI is InChI=1S/C18H21NO3/c1-12(9-14(3)20)10-17-16-8-6-5-7-15(16)11-13(2)19(17)18(21)22-4/h5-9,11,17H,10H2,1-4H3/b12-9+. The second-order valence-electron chi connectivity index (χ2n) is 5.58. The van der Waals surface area contributed by atoms with Crippen molar-refractivity contribution in [3.8, 4) is 0 Å². The van der Waals surface area contributed by atoms with Crippen molar-refractivity contribution in [3.05, 3.63) is 52.7 Å². The van der Waals surface area contributed by atoms with E-state index in [1.165, 1.54) is 14.0 Å². The van der Waals surface area contributed by atoms with Crippen LogP contribution >= 0.6 is 0 Å². The van der Waals surface area contributed by atoms with Crippen molar-refractivity contribution in [3.63, 3.8) is 0 Å². The molecule has 1 aliphatic heterocycles. The van der Waals surface area contributed by atoms with E-state index in [1.807, 2.05) is 44.2 Å². The van der Waals surface area contributed by atoms with Gasteiger partial charge in [0, 0.05) is 5.70 Å². The summed E-state index contributed by atoms with van der Waals surface area (Å²) >= 11 is 0. The number of rotatable bonds is 3. The molecule has 1 aromatic rings. The molecule has 0 aliphatic carbocycles. The maximum Gasteiger partial charge on any atom is 0.414 e. The van der Waals surface area contributed by atoms with Crippen LogP contribution < -0.4 is 0 Å². The molecule has 1 heterocycles. The number of carbonyl (C=O) groups is 2. The van der Waals surface area contributed by atoms with E-state index in [0.29, 0.717) is 6.42 Å². The topological polar surface area (TPSA) is 46.6 Å². The number of ether oxygens (including phenoxy) is 1. The van der Waals surface area contributed by atoms with Gasteiger partial charge in [0.1, 0.15) is 0 Å². The predicted octanol–water partition coefficient (Wildman–Crippen LogP) is 4.10. The first-order valence-corrected chi connectivity index (χ1v) is 7.26. The van der Waals surface area contributed by atoms with Crippen LogP contribution in [0.1, 0.15) is 44.4 Å². The average Bonchev–Trinajstić information content (AvgIpc) is 2.45. The van der Waals surface area contributed by atoms with Crippen molar-refractivity contribution in [1.82, 2.24) is 4.90 Å². The van der Waals surface area contributed by atoms with Gasteiger partial charge in [0.15, 0.2) is 5.78 Å². The second-order valence-corrected chi connectivity index (χ2v) is 5.58. The molecule has 116 valence electrons. The fourth-order valence-corrected chi connectivity index (χ4v) is 2.91. The van der Waals surface area contributed by atoms with Crippen LogP contribution in [0.3, 0.4) is 0 Å². The molecule has 0 saturated carbocycles. The smallest absolute Gasteiger partial charge is 0.414 e. The molecule has 1 aromatic carbocycles. The third-order valence-corrected chi connectivity index (χ3v) is 3.75. The summed E-state index contributed by atoms with van der Waals surface area (Å²) in [6.45, 7) is 5.33. The summed E-state index contributed by atoms with van der Waals surface area (Å²) in [5.74, 6) is 0.0125. The number of hydrogen-bond acceptors (Lipinski definition) is 3. The summed E-state index contributed by atoms with van der Waals surface area (Å²) in [5, 5.41) is 0. The average molecular weight is 299 g/mol. The highest BCUT2D eigenvalue weighted by atomic mass is 16.5. The number of methoxy groups -OCH3 is 1. The van der Waals surface area contributed by atoms with Crippen LogP contribution in [0, 0.1) is 0 Å². The van der Waals surface area contributed by atoms with E-state index in [-0.39, 0.29) is 17.9 Å². The maximum atomic E-state index is 12.2.